The van der Waals surface area contributed by atoms with Crippen molar-refractivity contribution in [1.82, 2.24) is 14.8 Å². The summed E-state index contributed by atoms with van der Waals surface area (Å²) in [7, 11) is 0. The van der Waals surface area contributed by atoms with Gasteiger partial charge in [-0.15, -0.1) is 10.2 Å². The summed E-state index contributed by atoms with van der Waals surface area (Å²) in [5, 5.41) is 11.1. The zero-order valence-electron chi connectivity index (χ0n) is 14.6. The largest absolute Gasteiger partial charge is 0.438 e. The Labute approximate surface area is 169 Å². The van der Waals surface area contributed by atoms with E-state index in [-0.39, 0.29) is 5.91 Å². The van der Waals surface area contributed by atoms with Gasteiger partial charge in [-0.2, -0.15) is 0 Å². The molecule has 1 N–H and O–H groups in total. The molecule has 0 fully saturated rings. The summed E-state index contributed by atoms with van der Waals surface area (Å²) >= 11 is 3.38. The molecule has 2 aromatic carbocycles. The molecular formula is C21H15BrN4O2. The molecule has 0 bridgehead atoms. The van der Waals surface area contributed by atoms with Crippen LogP contribution in [0.25, 0.3) is 5.82 Å². The van der Waals surface area contributed by atoms with E-state index in [9.17, 15) is 4.79 Å². The molecule has 7 heteroatoms. The number of rotatable bonds is 5. The van der Waals surface area contributed by atoms with Gasteiger partial charge >= 0.3 is 0 Å². The van der Waals surface area contributed by atoms with Crippen LogP contribution < -0.4 is 10.1 Å². The number of anilines is 1. The second-order valence-electron chi connectivity index (χ2n) is 5.88. The van der Waals surface area contributed by atoms with Crippen LogP contribution in [0.5, 0.6) is 11.6 Å². The summed E-state index contributed by atoms with van der Waals surface area (Å²) in [6.07, 6.45) is 3.79. The number of amides is 1. The summed E-state index contributed by atoms with van der Waals surface area (Å²) < 4.78 is 8.32. The van der Waals surface area contributed by atoms with Crippen LogP contribution in [-0.2, 0) is 0 Å². The van der Waals surface area contributed by atoms with E-state index in [1.165, 1.54) is 0 Å². The van der Waals surface area contributed by atoms with Crippen LogP contribution in [0.4, 0.5) is 5.69 Å². The maximum Gasteiger partial charge on any atom is 0.256 e. The predicted molar refractivity (Wildman–Crippen MR) is 110 cm³/mol. The van der Waals surface area contributed by atoms with Crippen LogP contribution in [0, 0.1) is 0 Å². The van der Waals surface area contributed by atoms with Crippen LogP contribution in [0.3, 0.4) is 0 Å². The van der Waals surface area contributed by atoms with E-state index >= 15 is 0 Å². The fourth-order valence-corrected chi connectivity index (χ4v) is 3.03. The van der Waals surface area contributed by atoms with E-state index in [2.05, 4.69) is 31.4 Å². The maximum atomic E-state index is 12.3. The minimum Gasteiger partial charge on any atom is -0.438 e. The molecule has 0 unspecified atom stereocenters. The Morgan fingerprint density at radius 3 is 2.32 bits per heavy atom. The highest BCUT2D eigenvalue weighted by atomic mass is 79.9. The molecule has 0 aliphatic carbocycles. The highest BCUT2D eigenvalue weighted by molar-refractivity contribution is 9.10. The Hall–Kier alpha value is -3.45. The van der Waals surface area contributed by atoms with Crippen LogP contribution >= 0.6 is 15.9 Å². The molecule has 4 rings (SSSR count). The molecule has 0 atom stereocenters. The summed E-state index contributed by atoms with van der Waals surface area (Å²) in [5.74, 6) is 1.51. The summed E-state index contributed by atoms with van der Waals surface area (Å²) in [5.41, 5.74) is 1.24. The molecule has 2 heterocycles. The number of benzene rings is 2. The van der Waals surface area contributed by atoms with E-state index in [4.69, 9.17) is 4.74 Å². The van der Waals surface area contributed by atoms with Crippen LogP contribution in [-0.4, -0.2) is 20.7 Å². The van der Waals surface area contributed by atoms with Gasteiger partial charge in [0.2, 0.25) is 5.88 Å². The van der Waals surface area contributed by atoms with Crippen LogP contribution in [0.15, 0.2) is 89.7 Å². The van der Waals surface area contributed by atoms with E-state index in [1.807, 2.05) is 53.4 Å². The molecule has 0 aliphatic rings. The van der Waals surface area contributed by atoms with Crippen molar-refractivity contribution in [1.29, 1.82) is 0 Å². The molecule has 4 aromatic rings. The number of hydrogen-bond donors (Lipinski definition) is 1. The number of carbonyl (C=O) groups is 1. The second kappa shape index (κ2) is 8.06. The van der Waals surface area contributed by atoms with Crippen molar-refractivity contribution < 1.29 is 9.53 Å². The average molecular weight is 435 g/mol. The molecule has 0 saturated carbocycles. The van der Waals surface area contributed by atoms with Crippen molar-refractivity contribution in [2.75, 3.05) is 5.32 Å². The summed E-state index contributed by atoms with van der Waals surface area (Å²) in [6, 6.07) is 21.7. The molecule has 0 aliphatic heterocycles. The van der Waals surface area contributed by atoms with E-state index < -0.39 is 0 Å². The molecule has 0 saturated heterocycles. The lowest BCUT2D eigenvalue weighted by Gasteiger charge is -2.09. The topological polar surface area (TPSA) is 69.0 Å². The van der Waals surface area contributed by atoms with Crippen molar-refractivity contribution in [3.63, 3.8) is 0 Å². The molecular weight excluding hydrogens is 420 g/mol. The van der Waals surface area contributed by atoms with Crippen LogP contribution in [0.1, 0.15) is 10.4 Å². The zero-order valence-corrected chi connectivity index (χ0v) is 16.2. The van der Waals surface area contributed by atoms with Gasteiger partial charge in [-0.1, -0.05) is 12.1 Å². The lowest BCUT2D eigenvalue weighted by molar-refractivity contribution is 0.102. The zero-order chi connectivity index (χ0) is 19.3. The van der Waals surface area contributed by atoms with Gasteiger partial charge in [0.1, 0.15) is 5.75 Å². The van der Waals surface area contributed by atoms with E-state index in [0.717, 1.165) is 4.47 Å². The molecule has 138 valence electrons. The van der Waals surface area contributed by atoms with Gasteiger partial charge in [0.15, 0.2) is 5.82 Å². The van der Waals surface area contributed by atoms with Gasteiger partial charge < -0.3 is 14.6 Å². The lowest BCUT2D eigenvalue weighted by Crippen LogP contribution is -2.12. The Kier molecular flexibility index (Phi) is 5.16. The minimum absolute atomic E-state index is 0.187. The first-order valence-corrected chi connectivity index (χ1v) is 9.29. The van der Waals surface area contributed by atoms with Gasteiger partial charge in [0.25, 0.3) is 5.91 Å². The summed E-state index contributed by atoms with van der Waals surface area (Å²) in [4.78, 5) is 12.3. The fraction of sp³-hybridized carbons (Fsp3) is 0. The van der Waals surface area contributed by atoms with Crippen molar-refractivity contribution in [3.8, 4) is 17.4 Å². The normalized spacial score (nSPS) is 10.5. The third-order valence-electron chi connectivity index (χ3n) is 3.95. The van der Waals surface area contributed by atoms with Gasteiger partial charge in [-0.25, -0.2) is 0 Å². The van der Waals surface area contributed by atoms with Crippen molar-refractivity contribution in [2.45, 2.75) is 0 Å². The number of hydrogen-bond acceptors (Lipinski definition) is 4. The van der Waals surface area contributed by atoms with Crippen molar-refractivity contribution >= 4 is 27.5 Å². The maximum absolute atomic E-state index is 12.3. The van der Waals surface area contributed by atoms with Gasteiger partial charge in [-0.05, 0) is 70.5 Å². The lowest BCUT2D eigenvalue weighted by atomic mass is 10.2. The quantitative estimate of drug-likeness (QED) is 0.475. The highest BCUT2D eigenvalue weighted by Crippen LogP contribution is 2.23. The van der Waals surface area contributed by atoms with Crippen molar-refractivity contribution in [2.24, 2.45) is 0 Å². The smallest absolute Gasteiger partial charge is 0.256 e. The van der Waals surface area contributed by atoms with Gasteiger partial charge in [0, 0.05) is 28.6 Å². The standard InChI is InChI=1S/C21H15BrN4O2/c22-18-6-2-1-5-17(18)21(27)23-15-7-9-16(10-8-15)28-20-12-11-19(24-25-20)26-13-3-4-14-26/h1-14H,(H,23,27). The third-order valence-corrected chi connectivity index (χ3v) is 4.64. The first-order chi connectivity index (χ1) is 13.7. The summed E-state index contributed by atoms with van der Waals surface area (Å²) in [6.45, 7) is 0. The Balaban J connectivity index is 1.41. The number of ether oxygens (including phenoxy) is 1. The molecule has 1 amide bonds. The highest BCUT2D eigenvalue weighted by Gasteiger charge is 2.09. The molecule has 28 heavy (non-hydrogen) atoms. The van der Waals surface area contributed by atoms with Crippen LogP contribution in [0.2, 0.25) is 0 Å². The average Bonchev–Trinajstić information content (AvgIpc) is 3.25. The minimum atomic E-state index is -0.187. The molecule has 6 nitrogen and oxygen atoms in total. The second-order valence-corrected chi connectivity index (χ2v) is 6.73. The molecule has 0 radical (unpaired) electrons. The monoisotopic (exact) mass is 434 g/mol. The number of halogens is 1. The molecule has 0 spiro atoms. The Bertz CT molecular complexity index is 1080. The van der Waals surface area contributed by atoms with Crippen molar-refractivity contribution in [3.05, 3.63) is 95.2 Å². The van der Waals surface area contributed by atoms with E-state index in [0.29, 0.717) is 28.7 Å². The number of carbonyl (C=O) groups excluding carboxylic acids is 1. The number of nitrogens with one attached hydrogen (secondary N) is 1. The first kappa shape index (κ1) is 17.9. The van der Waals surface area contributed by atoms with Gasteiger partial charge in [-0.3, -0.25) is 4.79 Å². The predicted octanol–water partition coefficient (Wildman–Crippen LogP) is 5.07. The van der Waals surface area contributed by atoms with E-state index in [1.54, 1.807) is 36.4 Å². The first-order valence-electron chi connectivity index (χ1n) is 8.50. The van der Waals surface area contributed by atoms with Gasteiger partial charge in [0.05, 0.1) is 5.56 Å². The molecule has 2 aromatic heterocycles. The number of nitrogens with zero attached hydrogens (tertiary/aromatic N) is 3. The Morgan fingerprint density at radius 1 is 0.893 bits per heavy atom. The number of aromatic nitrogens is 3. The fourth-order valence-electron chi connectivity index (χ4n) is 2.56. The third kappa shape index (κ3) is 4.10. The SMILES string of the molecule is O=C(Nc1ccc(Oc2ccc(-n3cccc3)nn2)cc1)c1ccccc1Br. The Morgan fingerprint density at radius 2 is 1.64 bits per heavy atom.